The number of carboxylic acid groups (broad SMARTS) is 1. The number of aliphatic hydroxyl groups is 5. The van der Waals surface area contributed by atoms with E-state index < -0.39 is 73.5 Å². The fraction of sp³-hybridized carbons (Fsp3) is 0.962. The molecule has 68 heavy (non-hydrogen) atoms. The molecule has 3 heterocycles. The van der Waals surface area contributed by atoms with Gasteiger partial charge < -0.3 is 63.8 Å². The fourth-order valence-electron chi connectivity index (χ4n) is 9.66. The van der Waals surface area contributed by atoms with Gasteiger partial charge in [0.1, 0.15) is 18.8 Å². The van der Waals surface area contributed by atoms with Gasteiger partial charge in [0.25, 0.3) is 0 Å². The van der Waals surface area contributed by atoms with Crippen LogP contribution in [0.15, 0.2) is 0 Å². The number of carbonyl (C=O) groups excluding carboxylic acids is 1. The molecular weight excluding hydrogens is 877 g/mol. The zero-order chi connectivity index (χ0) is 50.0. The Morgan fingerprint density at radius 3 is 1.62 bits per heavy atom. The first-order valence-electron chi connectivity index (χ1n) is 27.2. The molecule has 15 heteroatoms. The van der Waals surface area contributed by atoms with Crippen LogP contribution in [0, 0.1) is 29.6 Å². The summed E-state index contributed by atoms with van der Waals surface area (Å²) < 4.78 is 44.1. The number of aliphatic carboxylic acids is 1. The molecular formula is C53H98O15. The Bertz CT molecular complexity index is 1320. The van der Waals surface area contributed by atoms with Crippen molar-refractivity contribution in [2.24, 2.45) is 29.6 Å². The van der Waals surface area contributed by atoms with E-state index in [0.717, 1.165) is 83.5 Å². The standard InChI is InChI=1S/C53H98O15/c1-8-9-10-23-28-41(29-25-27-40(54)26-22-20-18-16-14-12-11-13-15-17-19-21-24-30-42(55)50(60)61)65-52-48(45(57)36(4)32-63-52)68-53-49(46(58)37(5)33-64-53)67-51-39(7)47(59)38(6)43(66-51)34-62-44(56)31-35(2)3/h35-43,45-49,51-55,57-59H,8-34H2,1-7H3,(H,60,61)/t36-,37-,38-,39-,40?,41?,42?,43-,45+,46+,47+,48-,49-,51+,52+,53+/m1/s1. The minimum Gasteiger partial charge on any atom is -0.479 e. The van der Waals surface area contributed by atoms with Gasteiger partial charge >= 0.3 is 11.9 Å². The Morgan fingerprint density at radius 2 is 1.06 bits per heavy atom. The molecule has 0 bridgehead atoms. The highest BCUT2D eigenvalue weighted by molar-refractivity contribution is 5.71. The second-order valence-corrected chi connectivity index (χ2v) is 21.3. The Hall–Kier alpha value is -1.50. The van der Waals surface area contributed by atoms with Crippen LogP contribution in [0.3, 0.4) is 0 Å². The molecule has 0 saturated carbocycles. The second kappa shape index (κ2) is 34.0. The molecule has 3 rings (SSSR count). The van der Waals surface area contributed by atoms with Crippen molar-refractivity contribution >= 4 is 11.9 Å². The monoisotopic (exact) mass is 975 g/mol. The summed E-state index contributed by atoms with van der Waals surface area (Å²) in [7, 11) is 0. The van der Waals surface area contributed by atoms with E-state index in [0.29, 0.717) is 12.8 Å². The number of esters is 1. The molecule has 0 spiro atoms. The van der Waals surface area contributed by atoms with Crippen molar-refractivity contribution in [3.63, 3.8) is 0 Å². The van der Waals surface area contributed by atoms with Crippen LogP contribution in [-0.2, 0) is 42.7 Å². The van der Waals surface area contributed by atoms with Gasteiger partial charge in [0.2, 0.25) is 0 Å². The van der Waals surface area contributed by atoms with E-state index >= 15 is 0 Å². The number of rotatable bonds is 36. The van der Waals surface area contributed by atoms with E-state index in [2.05, 4.69) is 6.92 Å². The Kier molecular flexibility index (Phi) is 30.4. The fourth-order valence-corrected chi connectivity index (χ4v) is 9.66. The van der Waals surface area contributed by atoms with E-state index in [1.165, 1.54) is 51.4 Å². The van der Waals surface area contributed by atoms with Crippen LogP contribution in [0.2, 0.25) is 0 Å². The van der Waals surface area contributed by atoms with E-state index in [1.54, 1.807) is 0 Å². The molecule has 3 unspecified atom stereocenters. The molecule has 0 aromatic rings. The summed E-state index contributed by atoms with van der Waals surface area (Å²) in [5.74, 6) is -2.75. The van der Waals surface area contributed by atoms with Gasteiger partial charge in [-0.2, -0.15) is 0 Å². The number of ether oxygens (including phenoxy) is 7. The van der Waals surface area contributed by atoms with Gasteiger partial charge in [0, 0.05) is 30.1 Å². The second-order valence-electron chi connectivity index (χ2n) is 21.3. The molecule has 0 aromatic heterocycles. The van der Waals surface area contributed by atoms with Gasteiger partial charge in [0.05, 0.1) is 49.8 Å². The van der Waals surface area contributed by atoms with Gasteiger partial charge in [-0.25, -0.2) is 4.79 Å². The lowest BCUT2D eigenvalue weighted by atomic mass is 9.86. The highest BCUT2D eigenvalue weighted by Crippen LogP contribution is 2.36. The molecule has 3 saturated heterocycles. The van der Waals surface area contributed by atoms with Crippen LogP contribution < -0.4 is 0 Å². The van der Waals surface area contributed by atoms with Crippen molar-refractivity contribution in [3.05, 3.63) is 0 Å². The Morgan fingerprint density at radius 1 is 0.588 bits per heavy atom. The number of unbranched alkanes of at least 4 members (excludes halogenated alkanes) is 15. The summed E-state index contributed by atoms with van der Waals surface area (Å²) in [5, 5.41) is 63.5. The maximum atomic E-state index is 12.4. The van der Waals surface area contributed by atoms with Crippen LogP contribution in [0.5, 0.6) is 0 Å². The molecule has 0 radical (unpaired) electrons. The van der Waals surface area contributed by atoms with Gasteiger partial charge in [-0.05, 0) is 44.4 Å². The smallest absolute Gasteiger partial charge is 0.332 e. The van der Waals surface area contributed by atoms with E-state index in [1.807, 2.05) is 41.5 Å². The highest BCUT2D eigenvalue weighted by atomic mass is 16.8. The number of aliphatic hydroxyl groups excluding tert-OH is 5. The van der Waals surface area contributed by atoms with Crippen LogP contribution in [0.25, 0.3) is 0 Å². The lowest BCUT2D eigenvalue weighted by Crippen LogP contribution is -2.60. The number of hydrogen-bond donors (Lipinski definition) is 6. The molecule has 0 aromatic carbocycles. The Labute approximate surface area is 410 Å². The summed E-state index contributed by atoms with van der Waals surface area (Å²) in [6, 6.07) is 0. The molecule has 6 N–H and O–H groups in total. The maximum absolute atomic E-state index is 12.4. The molecule has 3 aliphatic rings. The first-order valence-corrected chi connectivity index (χ1v) is 27.2. The van der Waals surface area contributed by atoms with Gasteiger partial charge in [-0.3, -0.25) is 4.79 Å². The average molecular weight is 975 g/mol. The first kappa shape index (κ1) is 60.8. The summed E-state index contributed by atoms with van der Waals surface area (Å²) >= 11 is 0. The molecule has 0 aliphatic carbocycles. The van der Waals surface area contributed by atoms with Gasteiger partial charge in [-0.15, -0.1) is 0 Å². The molecule has 400 valence electrons. The summed E-state index contributed by atoms with van der Waals surface area (Å²) in [6.45, 7) is 13.9. The minimum atomic E-state index is -1.23. The normalized spacial score (nSPS) is 31.4. The van der Waals surface area contributed by atoms with E-state index in [4.69, 9.17) is 38.3 Å². The van der Waals surface area contributed by atoms with Crippen molar-refractivity contribution in [1.29, 1.82) is 0 Å². The number of carbonyl (C=O) groups is 2. The number of carboxylic acids is 1. The zero-order valence-electron chi connectivity index (χ0n) is 43.3. The van der Waals surface area contributed by atoms with Crippen molar-refractivity contribution in [1.82, 2.24) is 0 Å². The minimum absolute atomic E-state index is 0.0430. The molecule has 3 fully saturated rings. The van der Waals surface area contributed by atoms with Crippen molar-refractivity contribution in [2.45, 2.75) is 276 Å². The maximum Gasteiger partial charge on any atom is 0.332 e. The topological polar surface area (TPSA) is 220 Å². The lowest BCUT2D eigenvalue weighted by molar-refractivity contribution is -0.369. The van der Waals surface area contributed by atoms with Gasteiger partial charge in [0.15, 0.2) is 25.0 Å². The van der Waals surface area contributed by atoms with Crippen molar-refractivity contribution in [3.8, 4) is 0 Å². The van der Waals surface area contributed by atoms with Crippen molar-refractivity contribution < 1.29 is 73.4 Å². The third-order valence-corrected chi connectivity index (χ3v) is 14.5. The molecule has 16 atom stereocenters. The third-order valence-electron chi connectivity index (χ3n) is 14.5. The largest absolute Gasteiger partial charge is 0.479 e. The summed E-state index contributed by atoms with van der Waals surface area (Å²) in [4.78, 5) is 23.1. The predicted octanol–water partition coefficient (Wildman–Crippen LogP) is 8.59. The van der Waals surface area contributed by atoms with Crippen LogP contribution in [0.4, 0.5) is 0 Å². The zero-order valence-corrected chi connectivity index (χ0v) is 43.3. The SMILES string of the molecule is CCCCCCC(CCCC(O)CCCCCCCCCCCCCCCC(O)C(=O)O)O[C@@H]1OC[C@@H](C)[C@H](O)[C@H]1O[C@@H]1OC[C@@H](C)[C@H](O)[C@H]1O[C@@H]1O[C@H](COC(=O)CC(C)C)[C@@H](C)[C@H](O)[C@H]1C. The van der Waals surface area contributed by atoms with Gasteiger partial charge in [-0.1, -0.05) is 158 Å². The number of hydrogen-bond acceptors (Lipinski definition) is 14. The van der Waals surface area contributed by atoms with Crippen LogP contribution in [0.1, 0.15) is 203 Å². The molecule has 3 aliphatic heterocycles. The van der Waals surface area contributed by atoms with Crippen LogP contribution >= 0.6 is 0 Å². The van der Waals surface area contributed by atoms with E-state index in [9.17, 15) is 35.1 Å². The molecule has 0 amide bonds. The highest BCUT2D eigenvalue weighted by Gasteiger charge is 2.50. The first-order chi connectivity index (χ1) is 32.5. The average Bonchev–Trinajstić information content (AvgIpc) is 3.30. The lowest BCUT2D eigenvalue weighted by Gasteiger charge is -2.47. The van der Waals surface area contributed by atoms with Crippen molar-refractivity contribution in [2.75, 3.05) is 19.8 Å². The third kappa shape index (κ3) is 22.5. The van der Waals surface area contributed by atoms with Crippen LogP contribution in [-0.4, -0.2) is 136 Å². The Balaban J connectivity index is 1.49. The summed E-state index contributed by atoms with van der Waals surface area (Å²) in [6.07, 6.45) is 13.2. The quantitative estimate of drug-likeness (QED) is 0.0256. The molecule has 15 nitrogen and oxygen atoms in total. The predicted molar refractivity (Wildman–Crippen MR) is 259 cm³/mol. The summed E-state index contributed by atoms with van der Waals surface area (Å²) in [5.41, 5.74) is 0. The van der Waals surface area contributed by atoms with E-state index in [-0.39, 0.29) is 68.1 Å².